The van der Waals surface area contributed by atoms with Crippen LogP contribution in [0, 0.1) is 17.8 Å². The van der Waals surface area contributed by atoms with Gasteiger partial charge in [-0.05, 0) is 76.0 Å². The highest BCUT2D eigenvalue weighted by atomic mass is 16.5. The second-order valence-electron chi connectivity index (χ2n) is 6.69. The van der Waals surface area contributed by atoms with Crippen LogP contribution >= 0.6 is 0 Å². The van der Waals surface area contributed by atoms with Crippen molar-refractivity contribution in [2.45, 2.75) is 70.3 Å². The van der Waals surface area contributed by atoms with Crippen molar-refractivity contribution in [1.29, 1.82) is 0 Å². The molecule has 2 fully saturated rings. The molecule has 2 aliphatic rings. The molecule has 0 radical (unpaired) electrons. The van der Waals surface area contributed by atoms with Crippen LogP contribution in [0.2, 0.25) is 0 Å². The third-order valence-corrected chi connectivity index (χ3v) is 5.29. The second kappa shape index (κ2) is 8.61. The molecule has 0 aromatic heterocycles. The maximum absolute atomic E-state index is 10.7. The number of rotatable bonds is 6. The van der Waals surface area contributed by atoms with Gasteiger partial charge in [0.2, 0.25) is 0 Å². The number of allylic oxidation sites excluding steroid dienone is 2. The van der Waals surface area contributed by atoms with Crippen LogP contribution < -0.4 is 0 Å². The number of hydrogen-bond acceptors (Lipinski definition) is 2. The van der Waals surface area contributed by atoms with Crippen LogP contribution in [0.25, 0.3) is 0 Å². The summed E-state index contributed by atoms with van der Waals surface area (Å²) in [6, 6.07) is 0. The van der Waals surface area contributed by atoms with Gasteiger partial charge in [-0.25, -0.2) is 0 Å². The van der Waals surface area contributed by atoms with E-state index in [0.717, 1.165) is 31.0 Å². The molecule has 0 atom stereocenters. The number of aldehydes is 1. The molecule has 2 heteroatoms. The molecule has 0 heterocycles. The van der Waals surface area contributed by atoms with Crippen LogP contribution in [0.5, 0.6) is 0 Å². The Bertz CT molecular complexity index is 295. The van der Waals surface area contributed by atoms with E-state index in [-0.39, 0.29) is 0 Å². The van der Waals surface area contributed by atoms with Crippen LogP contribution in [0.15, 0.2) is 12.2 Å². The SMILES string of the molecule is CO[C@H]1CC[C@H](C=CCCC2CCC(C=O)CC2)CC1. The zero-order chi connectivity index (χ0) is 14.2. The highest BCUT2D eigenvalue weighted by Gasteiger charge is 2.20. The lowest BCUT2D eigenvalue weighted by atomic mass is 9.80. The van der Waals surface area contributed by atoms with E-state index in [2.05, 4.69) is 12.2 Å². The minimum absolute atomic E-state index is 0.359. The predicted molar refractivity (Wildman–Crippen MR) is 82.6 cm³/mol. The molecule has 2 aliphatic carbocycles. The fourth-order valence-electron chi connectivity index (χ4n) is 3.75. The van der Waals surface area contributed by atoms with E-state index in [1.807, 2.05) is 7.11 Å². The summed E-state index contributed by atoms with van der Waals surface area (Å²) >= 11 is 0. The lowest BCUT2D eigenvalue weighted by Crippen LogP contribution is -2.19. The van der Waals surface area contributed by atoms with E-state index in [4.69, 9.17) is 4.74 Å². The Morgan fingerprint density at radius 2 is 1.60 bits per heavy atom. The molecule has 0 unspecified atom stereocenters. The number of hydrogen-bond donors (Lipinski definition) is 0. The van der Waals surface area contributed by atoms with Crippen molar-refractivity contribution in [3.63, 3.8) is 0 Å². The standard InChI is InChI=1S/C18H30O2/c1-20-18-12-10-16(11-13-18)5-3-2-4-15-6-8-17(14-19)9-7-15/h3,5,14-18H,2,4,6-13H2,1H3/t15?,16-,17?,18-. The van der Waals surface area contributed by atoms with Gasteiger partial charge >= 0.3 is 0 Å². The first kappa shape index (κ1) is 15.8. The first-order valence-electron chi connectivity index (χ1n) is 8.46. The predicted octanol–water partition coefficient (Wildman–Crippen LogP) is 4.53. The van der Waals surface area contributed by atoms with Gasteiger partial charge in [-0.1, -0.05) is 12.2 Å². The molecule has 0 bridgehead atoms. The van der Waals surface area contributed by atoms with Crippen LogP contribution in [-0.2, 0) is 9.53 Å². The topological polar surface area (TPSA) is 26.3 Å². The summed E-state index contributed by atoms with van der Waals surface area (Å²) in [5, 5.41) is 0. The van der Waals surface area contributed by atoms with E-state index >= 15 is 0 Å². The fourth-order valence-corrected chi connectivity index (χ4v) is 3.75. The van der Waals surface area contributed by atoms with Gasteiger partial charge in [-0.3, -0.25) is 0 Å². The normalized spacial score (nSPS) is 35.2. The van der Waals surface area contributed by atoms with E-state index in [1.54, 1.807) is 0 Å². The molecule has 2 saturated carbocycles. The van der Waals surface area contributed by atoms with Crippen molar-refractivity contribution in [3.8, 4) is 0 Å². The molecule has 0 saturated heterocycles. The highest BCUT2D eigenvalue weighted by molar-refractivity contribution is 5.53. The minimum Gasteiger partial charge on any atom is -0.381 e. The van der Waals surface area contributed by atoms with E-state index < -0.39 is 0 Å². The minimum atomic E-state index is 0.359. The van der Waals surface area contributed by atoms with Gasteiger partial charge in [0.25, 0.3) is 0 Å². The molecular formula is C18H30O2. The molecule has 2 nitrogen and oxygen atoms in total. The third kappa shape index (κ3) is 5.05. The maximum atomic E-state index is 10.7. The number of carbonyl (C=O) groups is 1. The Morgan fingerprint density at radius 1 is 0.950 bits per heavy atom. The van der Waals surface area contributed by atoms with Gasteiger partial charge in [-0.15, -0.1) is 0 Å². The van der Waals surface area contributed by atoms with Crippen molar-refractivity contribution in [3.05, 3.63) is 12.2 Å². The summed E-state index contributed by atoms with van der Waals surface area (Å²) < 4.78 is 5.41. The average molecular weight is 278 g/mol. The van der Waals surface area contributed by atoms with E-state index in [9.17, 15) is 4.79 Å². The molecule has 0 aromatic carbocycles. The van der Waals surface area contributed by atoms with Crippen molar-refractivity contribution >= 4 is 6.29 Å². The van der Waals surface area contributed by atoms with Crippen LogP contribution in [0.3, 0.4) is 0 Å². The van der Waals surface area contributed by atoms with Gasteiger partial charge < -0.3 is 9.53 Å². The Morgan fingerprint density at radius 3 is 2.20 bits per heavy atom. The zero-order valence-electron chi connectivity index (χ0n) is 12.9. The Kier molecular flexibility index (Phi) is 6.78. The summed E-state index contributed by atoms with van der Waals surface area (Å²) in [6.45, 7) is 0. The van der Waals surface area contributed by atoms with Gasteiger partial charge in [0.1, 0.15) is 6.29 Å². The molecule has 2 rings (SSSR count). The summed E-state index contributed by atoms with van der Waals surface area (Å²) in [5.41, 5.74) is 0. The fraction of sp³-hybridized carbons (Fsp3) is 0.833. The third-order valence-electron chi connectivity index (χ3n) is 5.29. The van der Waals surface area contributed by atoms with Crippen molar-refractivity contribution < 1.29 is 9.53 Å². The van der Waals surface area contributed by atoms with Gasteiger partial charge in [0.15, 0.2) is 0 Å². The number of methoxy groups -OCH3 is 1. The summed E-state index contributed by atoms with van der Waals surface area (Å²) in [4.78, 5) is 10.7. The van der Waals surface area contributed by atoms with Gasteiger partial charge in [0.05, 0.1) is 6.10 Å². The number of ether oxygens (including phenoxy) is 1. The van der Waals surface area contributed by atoms with Crippen LogP contribution in [0.1, 0.15) is 64.2 Å². The Balaban J connectivity index is 1.57. The van der Waals surface area contributed by atoms with Crippen molar-refractivity contribution in [1.82, 2.24) is 0 Å². The van der Waals surface area contributed by atoms with Crippen molar-refractivity contribution in [2.75, 3.05) is 7.11 Å². The average Bonchev–Trinajstić information content (AvgIpc) is 2.53. The molecule has 114 valence electrons. The molecule has 0 N–H and O–H groups in total. The molecule has 0 spiro atoms. The van der Waals surface area contributed by atoms with Gasteiger partial charge in [0, 0.05) is 13.0 Å². The molecule has 0 aromatic rings. The monoisotopic (exact) mass is 278 g/mol. The largest absolute Gasteiger partial charge is 0.381 e. The van der Waals surface area contributed by atoms with Crippen LogP contribution in [0.4, 0.5) is 0 Å². The van der Waals surface area contributed by atoms with E-state index in [1.165, 1.54) is 51.4 Å². The van der Waals surface area contributed by atoms with Crippen molar-refractivity contribution in [2.24, 2.45) is 17.8 Å². The quantitative estimate of drug-likeness (QED) is 0.527. The number of carbonyl (C=O) groups excluding carboxylic acids is 1. The maximum Gasteiger partial charge on any atom is 0.123 e. The summed E-state index contributed by atoms with van der Waals surface area (Å²) in [7, 11) is 1.83. The Hall–Kier alpha value is -0.630. The summed E-state index contributed by atoms with van der Waals surface area (Å²) in [5.74, 6) is 2.00. The molecule has 20 heavy (non-hydrogen) atoms. The van der Waals surface area contributed by atoms with E-state index in [0.29, 0.717) is 12.0 Å². The second-order valence-corrected chi connectivity index (χ2v) is 6.69. The van der Waals surface area contributed by atoms with Crippen LogP contribution in [-0.4, -0.2) is 19.5 Å². The lowest BCUT2D eigenvalue weighted by molar-refractivity contribution is -0.112. The first-order valence-corrected chi connectivity index (χ1v) is 8.46. The molecule has 0 amide bonds. The summed E-state index contributed by atoms with van der Waals surface area (Å²) in [6.07, 6.45) is 18.9. The Labute approximate surface area is 124 Å². The lowest BCUT2D eigenvalue weighted by Gasteiger charge is -2.26. The zero-order valence-corrected chi connectivity index (χ0v) is 12.9. The molecule has 0 aliphatic heterocycles. The smallest absolute Gasteiger partial charge is 0.123 e. The first-order chi connectivity index (χ1) is 9.81. The van der Waals surface area contributed by atoms with Gasteiger partial charge in [-0.2, -0.15) is 0 Å². The highest BCUT2D eigenvalue weighted by Crippen LogP contribution is 2.31. The molecular weight excluding hydrogens is 248 g/mol.